The van der Waals surface area contributed by atoms with Crippen molar-refractivity contribution < 1.29 is 19.1 Å². The minimum absolute atomic E-state index is 0.0103. The molecule has 6 heteroatoms. The second-order valence-corrected chi connectivity index (χ2v) is 8.25. The van der Waals surface area contributed by atoms with Crippen molar-refractivity contribution in [3.05, 3.63) is 54.1 Å². The number of ether oxygens (including phenoxy) is 2. The molecule has 3 aliphatic heterocycles. The summed E-state index contributed by atoms with van der Waals surface area (Å²) in [6, 6.07) is 16.1. The van der Waals surface area contributed by atoms with E-state index in [4.69, 9.17) is 9.47 Å². The van der Waals surface area contributed by atoms with Crippen LogP contribution in [0.2, 0.25) is 0 Å². The zero-order valence-corrected chi connectivity index (χ0v) is 17.0. The van der Waals surface area contributed by atoms with E-state index >= 15 is 0 Å². The maximum absolute atomic E-state index is 13.3. The Morgan fingerprint density at radius 1 is 1.03 bits per heavy atom. The maximum atomic E-state index is 13.3. The summed E-state index contributed by atoms with van der Waals surface area (Å²) < 4.78 is 11.2. The molecule has 2 saturated heterocycles. The lowest BCUT2D eigenvalue weighted by molar-refractivity contribution is -0.136. The van der Waals surface area contributed by atoms with E-state index in [0.717, 1.165) is 31.5 Å². The topological polar surface area (TPSA) is 59.1 Å². The molecule has 156 valence electrons. The lowest BCUT2D eigenvalue weighted by Crippen LogP contribution is -2.41. The van der Waals surface area contributed by atoms with Crippen molar-refractivity contribution in [3.8, 4) is 11.5 Å². The number of fused-ring (bicyclic) bond motifs is 1. The number of carbonyl (C=O) groups excluding carboxylic acids is 2. The smallest absolute Gasteiger partial charge is 0.228 e. The fraction of sp³-hybridized carbons (Fsp3) is 0.417. The zero-order chi connectivity index (χ0) is 20.5. The molecule has 0 N–H and O–H groups in total. The molecule has 0 aromatic heterocycles. The van der Waals surface area contributed by atoms with Gasteiger partial charge in [-0.2, -0.15) is 0 Å². The highest BCUT2D eigenvalue weighted by Gasteiger charge is 2.40. The molecular weight excluding hydrogens is 380 g/mol. The molecular formula is C24H26N2O4. The van der Waals surface area contributed by atoms with Gasteiger partial charge in [0.25, 0.3) is 0 Å². The number of hydrogen-bond acceptors (Lipinski definition) is 4. The largest absolute Gasteiger partial charge is 0.486 e. The van der Waals surface area contributed by atoms with Gasteiger partial charge in [0.1, 0.15) is 13.2 Å². The van der Waals surface area contributed by atoms with Crippen LogP contribution in [0.15, 0.2) is 48.5 Å². The van der Waals surface area contributed by atoms with Crippen LogP contribution in [0, 0.1) is 5.92 Å². The van der Waals surface area contributed by atoms with E-state index in [9.17, 15) is 9.59 Å². The highest BCUT2D eigenvalue weighted by Crippen LogP contribution is 2.36. The number of benzene rings is 2. The van der Waals surface area contributed by atoms with Crippen LogP contribution in [-0.4, -0.2) is 49.1 Å². The van der Waals surface area contributed by atoms with E-state index in [1.807, 2.05) is 41.3 Å². The van der Waals surface area contributed by atoms with Crippen molar-refractivity contribution in [2.45, 2.75) is 31.7 Å². The fourth-order valence-corrected chi connectivity index (χ4v) is 4.78. The van der Waals surface area contributed by atoms with Gasteiger partial charge in [0, 0.05) is 37.3 Å². The summed E-state index contributed by atoms with van der Waals surface area (Å²) >= 11 is 0. The number of hydrogen-bond donors (Lipinski definition) is 0. The number of nitrogens with zero attached hydrogens (tertiary/aromatic N) is 2. The van der Waals surface area contributed by atoms with E-state index in [-0.39, 0.29) is 30.2 Å². The molecule has 5 rings (SSSR count). The van der Waals surface area contributed by atoms with Gasteiger partial charge in [-0.25, -0.2) is 0 Å². The van der Waals surface area contributed by atoms with Gasteiger partial charge in [-0.1, -0.05) is 30.3 Å². The first kappa shape index (κ1) is 19.0. The van der Waals surface area contributed by atoms with E-state index < -0.39 is 0 Å². The van der Waals surface area contributed by atoms with Crippen molar-refractivity contribution >= 4 is 17.5 Å². The third-order valence-electron chi connectivity index (χ3n) is 6.29. The maximum Gasteiger partial charge on any atom is 0.228 e. The van der Waals surface area contributed by atoms with E-state index in [1.54, 1.807) is 4.90 Å². The van der Waals surface area contributed by atoms with Crippen LogP contribution in [0.3, 0.4) is 0 Å². The Morgan fingerprint density at radius 2 is 1.83 bits per heavy atom. The molecule has 0 bridgehead atoms. The molecule has 2 fully saturated rings. The summed E-state index contributed by atoms with van der Waals surface area (Å²) in [5, 5.41) is 0. The average molecular weight is 406 g/mol. The summed E-state index contributed by atoms with van der Waals surface area (Å²) in [5.41, 5.74) is 2.02. The Hall–Kier alpha value is -3.02. The van der Waals surface area contributed by atoms with Crippen LogP contribution in [0.25, 0.3) is 0 Å². The number of anilines is 1. The van der Waals surface area contributed by atoms with Crippen LogP contribution in [0.4, 0.5) is 5.69 Å². The number of likely N-dealkylation sites (tertiary alicyclic amines) is 1. The van der Waals surface area contributed by atoms with Gasteiger partial charge in [-0.05, 0) is 37.0 Å². The molecule has 3 aliphatic rings. The van der Waals surface area contributed by atoms with E-state index in [0.29, 0.717) is 31.3 Å². The molecule has 0 radical (unpaired) electrons. The minimum atomic E-state index is -0.290. The van der Waals surface area contributed by atoms with Crippen molar-refractivity contribution in [3.63, 3.8) is 0 Å². The molecule has 2 aromatic carbocycles. The third-order valence-corrected chi connectivity index (χ3v) is 6.29. The predicted octanol–water partition coefficient (Wildman–Crippen LogP) is 3.04. The Kier molecular flexibility index (Phi) is 5.07. The van der Waals surface area contributed by atoms with Crippen molar-refractivity contribution in [1.29, 1.82) is 0 Å². The average Bonchev–Trinajstić information content (AvgIpc) is 3.40. The first-order chi connectivity index (χ1) is 14.7. The van der Waals surface area contributed by atoms with Crippen LogP contribution in [0.1, 0.15) is 24.8 Å². The normalized spacial score (nSPS) is 23.1. The SMILES string of the molecule is O=C1CC(C(=O)N2CCCC2Cc2ccccc2)CN1c1ccc2c(c1)OCCO2. The number of amides is 2. The first-order valence-corrected chi connectivity index (χ1v) is 10.7. The van der Waals surface area contributed by atoms with Gasteiger partial charge in [-0.15, -0.1) is 0 Å². The van der Waals surface area contributed by atoms with Crippen molar-refractivity contribution in [2.24, 2.45) is 5.92 Å². The standard InChI is InChI=1S/C24H26N2O4/c27-23-14-18(16-26(23)20-8-9-21-22(15-20)30-12-11-29-21)24(28)25-10-4-7-19(25)13-17-5-2-1-3-6-17/h1-3,5-6,8-9,15,18-19H,4,7,10-14,16H2. The Labute approximate surface area is 176 Å². The second-order valence-electron chi connectivity index (χ2n) is 8.25. The van der Waals surface area contributed by atoms with Crippen LogP contribution in [0.5, 0.6) is 11.5 Å². The summed E-state index contributed by atoms with van der Waals surface area (Å²) in [5.74, 6) is 1.17. The van der Waals surface area contributed by atoms with E-state index in [2.05, 4.69) is 12.1 Å². The molecule has 0 saturated carbocycles. The van der Waals surface area contributed by atoms with Crippen LogP contribution >= 0.6 is 0 Å². The monoisotopic (exact) mass is 406 g/mol. The molecule has 2 amide bonds. The predicted molar refractivity (Wildman–Crippen MR) is 113 cm³/mol. The van der Waals surface area contributed by atoms with Gasteiger partial charge < -0.3 is 19.3 Å². The molecule has 6 nitrogen and oxygen atoms in total. The van der Waals surface area contributed by atoms with Gasteiger partial charge in [0.2, 0.25) is 11.8 Å². The molecule has 3 heterocycles. The number of rotatable bonds is 4. The van der Waals surface area contributed by atoms with Crippen molar-refractivity contribution in [2.75, 3.05) is 31.2 Å². The summed E-state index contributed by atoms with van der Waals surface area (Å²) in [6.07, 6.45) is 3.18. The number of carbonyl (C=O) groups is 2. The molecule has 2 atom stereocenters. The van der Waals surface area contributed by atoms with Gasteiger partial charge in [0.15, 0.2) is 11.5 Å². The van der Waals surface area contributed by atoms with Gasteiger partial charge in [-0.3, -0.25) is 9.59 Å². The second kappa shape index (κ2) is 8.01. The fourth-order valence-electron chi connectivity index (χ4n) is 4.78. The Bertz CT molecular complexity index is 945. The lowest BCUT2D eigenvalue weighted by Gasteiger charge is -2.27. The molecule has 2 unspecified atom stereocenters. The zero-order valence-electron chi connectivity index (χ0n) is 17.0. The Morgan fingerprint density at radius 3 is 2.67 bits per heavy atom. The Balaban J connectivity index is 1.28. The van der Waals surface area contributed by atoms with E-state index in [1.165, 1.54) is 5.56 Å². The highest BCUT2D eigenvalue weighted by atomic mass is 16.6. The molecule has 0 aliphatic carbocycles. The van der Waals surface area contributed by atoms with Crippen molar-refractivity contribution in [1.82, 2.24) is 4.90 Å². The summed E-state index contributed by atoms with van der Waals surface area (Å²) in [7, 11) is 0. The van der Waals surface area contributed by atoms with Crippen LogP contribution in [-0.2, 0) is 16.0 Å². The van der Waals surface area contributed by atoms with Crippen LogP contribution < -0.4 is 14.4 Å². The molecule has 30 heavy (non-hydrogen) atoms. The molecule has 0 spiro atoms. The van der Waals surface area contributed by atoms with Gasteiger partial charge >= 0.3 is 0 Å². The quantitative estimate of drug-likeness (QED) is 0.783. The van der Waals surface area contributed by atoms with Gasteiger partial charge in [0.05, 0.1) is 5.92 Å². The highest BCUT2D eigenvalue weighted by molar-refractivity contribution is 6.00. The lowest BCUT2D eigenvalue weighted by atomic mass is 10.0. The third kappa shape index (κ3) is 3.62. The first-order valence-electron chi connectivity index (χ1n) is 10.7. The minimum Gasteiger partial charge on any atom is -0.486 e. The molecule has 2 aromatic rings. The summed E-state index contributed by atoms with van der Waals surface area (Å²) in [4.78, 5) is 29.8. The summed E-state index contributed by atoms with van der Waals surface area (Å²) in [6.45, 7) is 2.24.